The van der Waals surface area contributed by atoms with Gasteiger partial charge in [0.15, 0.2) is 0 Å². The van der Waals surface area contributed by atoms with Crippen molar-refractivity contribution >= 4 is 10.0 Å². The van der Waals surface area contributed by atoms with Crippen molar-refractivity contribution in [3.05, 3.63) is 0 Å². The highest BCUT2D eigenvalue weighted by Crippen LogP contribution is 2.21. The summed E-state index contributed by atoms with van der Waals surface area (Å²) in [6, 6.07) is 0. The van der Waals surface area contributed by atoms with Crippen LogP contribution in [0.5, 0.6) is 0 Å². The molecule has 0 heterocycles. The Morgan fingerprint density at radius 1 is 0.682 bits per heavy atom. The molecule has 134 valence electrons. The highest BCUT2D eigenvalue weighted by atomic mass is 32.2. The van der Waals surface area contributed by atoms with E-state index in [-0.39, 0.29) is 5.25 Å². The summed E-state index contributed by atoms with van der Waals surface area (Å²) in [4.78, 5) is 0. The minimum absolute atomic E-state index is 0.165. The van der Waals surface area contributed by atoms with Crippen molar-refractivity contribution in [2.24, 2.45) is 0 Å². The van der Waals surface area contributed by atoms with Gasteiger partial charge in [-0.15, -0.1) is 0 Å². The van der Waals surface area contributed by atoms with E-state index in [1.165, 1.54) is 32.1 Å². The Bertz CT molecular complexity index is 335. The number of nitrogens with zero attached hydrogens (tertiary/aromatic N) is 1. The quantitative estimate of drug-likeness (QED) is 0.378. The Balaban J connectivity index is 4.54. The van der Waals surface area contributed by atoms with E-state index in [2.05, 4.69) is 27.7 Å². The van der Waals surface area contributed by atoms with Gasteiger partial charge in [-0.1, -0.05) is 72.6 Å². The molecule has 0 spiro atoms. The Hall–Kier alpha value is -0.0900. The number of unbranched alkanes of at least 4 members (excludes halogenated alkanes) is 5. The summed E-state index contributed by atoms with van der Waals surface area (Å²) < 4.78 is 27.5. The van der Waals surface area contributed by atoms with Gasteiger partial charge in [0, 0.05) is 13.1 Å². The summed E-state index contributed by atoms with van der Waals surface area (Å²) in [6.07, 6.45) is 11.7. The van der Waals surface area contributed by atoms with Gasteiger partial charge in [-0.3, -0.25) is 0 Å². The number of sulfonamides is 1. The van der Waals surface area contributed by atoms with E-state index in [9.17, 15) is 8.42 Å². The standard InChI is InChI=1S/C18H39NO2S/c1-5-9-10-11-12-13-15-18(14-6-2)22(20,21)19(16-7-3)17-8-4/h18H,5-17H2,1-4H3. The van der Waals surface area contributed by atoms with E-state index < -0.39 is 10.0 Å². The molecule has 0 aliphatic heterocycles. The van der Waals surface area contributed by atoms with Crippen LogP contribution in [0.1, 0.15) is 98.3 Å². The Morgan fingerprint density at radius 2 is 1.23 bits per heavy atom. The Kier molecular flexibility index (Phi) is 13.3. The number of hydrogen-bond acceptors (Lipinski definition) is 2. The van der Waals surface area contributed by atoms with Crippen molar-refractivity contribution < 1.29 is 8.42 Å². The monoisotopic (exact) mass is 333 g/mol. The predicted octanol–water partition coefficient (Wildman–Crippen LogP) is 5.36. The highest BCUT2D eigenvalue weighted by molar-refractivity contribution is 7.89. The topological polar surface area (TPSA) is 37.4 Å². The molecule has 0 aromatic heterocycles. The minimum Gasteiger partial charge on any atom is -0.212 e. The zero-order valence-corrected chi connectivity index (χ0v) is 16.3. The van der Waals surface area contributed by atoms with Crippen LogP contribution in [0.4, 0.5) is 0 Å². The molecule has 0 aromatic rings. The molecule has 0 amide bonds. The maximum absolute atomic E-state index is 12.9. The Morgan fingerprint density at radius 3 is 1.73 bits per heavy atom. The molecule has 3 nitrogen and oxygen atoms in total. The van der Waals surface area contributed by atoms with Crippen LogP contribution in [-0.2, 0) is 10.0 Å². The van der Waals surface area contributed by atoms with E-state index in [1.807, 2.05) is 0 Å². The zero-order valence-electron chi connectivity index (χ0n) is 15.4. The van der Waals surface area contributed by atoms with Gasteiger partial charge in [0.25, 0.3) is 0 Å². The molecular weight excluding hydrogens is 294 g/mol. The third-order valence-corrected chi connectivity index (χ3v) is 6.62. The van der Waals surface area contributed by atoms with Gasteiger partial charge in [-0.05, 0) is 25.7 Å². The third kappa shape index (κ3) is 8.52. The molecule has 0 aromatic carbocycles. The van der Waals surface area contributed by atoms with Crippen LogP contribution in [0.25, 0.3) is 0 Å². The maximum atomic E-state index is 12.9. The smallest absolute Gasteiger partial charge is 0.212 e. The van der Waals surface area contributed by atoms with Gasteiger partial charge in [-0.25, -0.2) is 12.7 Å². The van der Waals surface area contributed by atoms with Gasteiger partial charge in [-0.2, -0.15) is 0 Å². The lowest BCUT2D eigenvalue weighted by molar-refractivity contribution is 0.395. The molecule has 0 saturated heterocycles. The summed E-state index contributed by atoms with van der Waals surface area (Å²) in [7, 11) is -3.11. The first-order valence-electron chi connectivity index (χ1n) is 9.53. The normalized spacial score (nSPS) is 13.7. The van der Waals surface area contributed by atoms with Crippen molar-refractivity contribution in [3.8, 4) is 0 Å². The summed E-state index contributed by atoms with van der Waals surface area (Å²) in [5, 5.41) is -0.165. The summed E-state index contributed by atoms with van der Waals surface area (Å²) >= 11 is 0. The maximum Gasteiger partial charge on any atom is 0.216 e. The van der Waals surface area contributed by atoms with Crippen LogP contribution in [0.15, 0.2) is 0 Å². The summed E-state index contributed by atoms with van der Waals surface area (Å²) in [5.41, 5.74) is 0. The Labute approximate surface area is 139 Å². The van der Waals surface area contributed by atoms with Crippen LogP contribution in [0.2, 0.25) is 0 Å². The molecule has 0 bridgehead atoms. The van der Waals surface area contributed by atoms with Gasteiger partial charge in [0.1, 0.15) is 0 Å². The van der Waals surface area contributed by atoms with Gasteiger partial charge in [0.05, 0.1) is 5.25 Å². The largest absolute Gasteiger partial charge is 0.216 e. The lowest BCUT2D eigenvalue weighted by Crippen LogP contribution is -2.39. The van der Waals surface area contributed by atoms with E-state index in [4.69, 9.17) is 0 Å². The third-order valence-electron chi connectivity index (χ3n) is 4.22. The second-order valence-corrected chi connectivity index (χ2v) is 8.62. The number of hydrogen-bond donors (Lipinski definition) is 0. The second kappa shape index (κ2) is 13.4. The van der Waals surface area contributed by atoms with Crippen LogP contribution < -0.4 is 0 Å². The first-order chi connectivity index (χ1) is 10.5. The fraction of sp³-hybridized carbons (Fsp3) is 1.00. The average molecular weight is 334 g/mol. The van der Waals surface area contributed by atoms with Crippen LogP contribution >= 0.6 is 0 Å². The highest BCUT2D eigenvalue weighted by Gasteiger charge is 2.29. The fourth-order valence-corrected chi connectivity index (χ4v) is 5.29. The van der Waals surface area contributed by atoms with Crippen LogP contribution in [-0.4, -0.2) is 31.1 Å². The van der Waals surface area contributed by atoms with E-state index in [0.717, 1.165) is 38.5 Å². The molecule has 1 atom stereocenters. The molecule has 22 heavy (non-hydrogen) atoms. The van der Waals surface area contributed by atoms with Gasteiger partial charge in [0.2, 0.25) is 10.0 Å². The van der Waals surface area contributed by atoms with Crippen LogP contribution in [0, 0.1) is 0 Å². The summed E-state index contributed by atoms with van der Waals surface area (Å²) in [5.74, 6) is 0. The molecular formula is C18H39NO2S. The van der Waals surface area contributed by atoms with Crippen molar-refractivity contribution in [2.45, 2.75) is 104 Å². The predicted molar refractivity (Wildman–Crippen MR) is 97.8 cm³/mol. The fourth-order valence-electron chi connectivity index (χ4n) is 2.99. The molecule has 0 rings (SSSR count). The molecule has 1 unspecified atom stereocenters. The van der Waals surface area contributed by atoms with E-state index >= 15 is 0 Å². The first-order valence-corrected chi connectivity index (χ1v) is 11.0. The molecule has 4 heteroatoms. The molecule has 0 fully saturated rings. The molecule has 0 aliphatic rings. The summed E-state index contributed by atoms with van der Waals surface area (Å²) in [6.45, 7) is 9.77. The first kappa shape index (κ1) is 21.9. The molecule has 0 saturated carbocycles. The average Bonchev–Trinajstić information content (AvgIpc) is 2.49. The van der Waals surface area contributed by atoms with Gasteiger partial charge < -0.3 is 0 Å². The SMILES string of the molecule is CCCCCCCCC(CCC)S(=O)(=O)N(CCC)CCC. The van der Waals surface area contributed by atoms with Crippen molar-refractivity contribution in [1.82, 2.24) is 4.31 Å². The molecule has 0 radical (unpaired) electrons. The van der Waals surface area contributed by atoms with Crippen molar-refractivity contribution in [3.63, 3.8) is 0 Å². The van der Waals surface area contributed by atoms with Crippen LogP contribution in [0.3, 0.4) is 0 Å². The van der Waals surface area contributed by atoms with Gasteiger partial charge >= 0.3 is 0 Å². The van der Waals surface area contributed by atoms with Crippen molar-refractivity contribution in [1.29, 1.82) is 0 Å². The van der Waals surface area contributed by atoms with E-state index in [0.29, 0.717) is 13.1 Å². The molecule has 0 N–H and O–H groups in total. The zero-order chi connectivity index (χ0) is 16.8. The second-order valence-electron chi connectivity index (χ2n) is 6.41. The minimum atomic E-state index is -3.11. The van der Waals surface area contributed by atoms with Crippen molar-refractivity contribution in [2.75, 3.05) is 13.1 Å². The van der Waals surface area contributed by atoms with E-state index in [1.54, 1.807) is 4.31 Å². The lowest BCUT2D eigenvalue weighted by Gasteiger charge is -2.27. The lowest BCUT2D eigenvalue weighted by atomic mass is 10.1. The molecule has 0 aliphatic carbocycles. The number of rotatable bonds is 15.